The SMILES string of the molecule is CC(=O)N[C@@H](C)C(=O)SN[C@@H](CCCCNC(=O)CC[C@H](CC(=O)CCCCCCCCCCCCCCCCC(=O)O)C(=O)O)C(=O)CN. The van der Waals surface area contributed by atoms with E-state index in [1.165, 1.54) is 51.9 Å². The number of carbonyl (C=O) groups excluding carboxylic acids is 5. The van der Waals surface area contributed by atoms with Crippen molar-refractivity contribution in [2.24, 2.45) is 11.7 Å². The van der Waals surface area contributed by atoms with Crippen molar-refractivity contribution < 1.29 is 43.8 Å². The number of hydrogen-bond donors (Lipinski definition) is 6. The molecule has 0 aliphatic carbocycles. The standard InChI is InChI=1S/C36H64N4O9S/c1-27(39-28(2)41)36(49)50-40-31(32(43)26-37)20-17-18-24-38-33(44)23-22-29(35(47)48)25-30(42)19-15-13-11-9-7-5-3-4-6-8-10-12-14-16-21-34(45)46/h27,29,31,40H,3-26,37H2,1-2H3,(H,38,44)(H,39,41)(H,45,46)(H,47,48)/t27-,29+,31-/m0/s1. The molecular weight excluding hydrogens is 664 g/mol. The van der Waals surface area contributed by atoms with Crippen LogP contribution in [0, 0.1) is 5.92 Å². The number of amides is 2. The molecule has 0 aromatic rings. The Balaban J connectivity index is 4.02. The van der Waals surface area contributed by atoms with Crippen molar-refractivity contribution >= 4 is 52.4 Å². The van der Waals surface area contributed by atoms with E-state index in [0.29, 0.717) is 32.2 Å². The molecule has 0 saturated carbocycles. The molecule has 0 aliphatic rings. The Bertz CT molecular complexity index is 1030. The number of aliphatic carboxylic acids is 2. The fourth-order valence-electron chi connectivity index (χ4n) is 5.51. The molecule has 0 aromatic heterocycles. The number of carboxylic acids is 2. The smallest absolute Gasteiger partial charge is 0.306 e. The minimum absolute atomic E-state index is 0.0000802. The molecule has 288 valence electrons. The van der Waals surface area contributed by atoms with Gasteiger partial charge in [0.25, 0.3) is 0 Å². The normalized spacial score (nSPS) is 12.9. The summed E-state index contributed by atoms with van der Waals surface area (Å²) in [5.41, 5.74) is 5.50. The summed E-state index contributed by atoms with van der Waals surface area (Å²) < 4.78 is 2.83. The first kappa shape index (κ1) is 47.2. The van der Waals surface area contributed by atoms with Gasteiger partial charge in [0.15, 0.2) is 5.78 Å². The third-order valence-corrected chi connectivity index (χ3v) is 9.50. The van der Waals surface area contributed by atoms with Crippen LogP contribution in [0.2, 0.25) is 0 Å². The second kappa shape index (κ2) is 30.9. The monoisotopic (exact) mass is 728 g/mol. The molecular formula is C36H64N4O9S. The summed E-state index contributed by atoms with van der Waals surface area (Å²) in [5.74, 6) is -3.66. The Labute approximate surface area is 302 Å². The summed E-state index contributed by atoms with van der Waals surface area (Å²) in [5, 5.41) is 23.1. The Morgan fingerprint density at radius 3 is 1.68 bits per heavy atom. The minimum Gasteiger partial charge on any atom is -0.481 e. The molecule has 50 heavy (non-hydrogen) atoms. The van der Waals surface area contributed by atoms with Crippen molar-refractivity contribution in [2.45, 2.75) is 167 Å². The fourth-order valence-corrected chi connectivity index (χ4v) is 6.26. The van der Waals surface area contributed by atoms with Crippen molar-refractivity contribution in [1.82, 2.24) is 15.4 Å². The number of Topliss-reactive ketones (excluding diaryl/α,β-unsaturated/α-hetero) is 2. The van der Waals surface area contributed by atoms with Gasteiger partial charge in [0.1, 0.15) is 5.78 Å². The second-order valence-corrected chi connectivity index (χ2v) is 14.0. The quantitative estimate of drug-likeness (QED) is 0.0371. The first-order valence-electron chi connectivity index (χ1n) is 18.6. The van der Waals surface area contributed by atoms with Crippen LogP contribution in [-0.4, -0.2) is 75.8 Å². The van der Waals surface area contributed by atoms with E-state index in [4.69, 9.17) is 10.8 Å². The lowest BCUT2D eigenvalue weighted by Crippen LogP contribution is -2.41. The van der Waals surface area contributed by atoms with Crippen molar-refractivity contribution in [3.05, 3.63) is 0 Å². The van der Waals surface area contributed by atoms with Crippen molar-refractivity contribution in [3.8, 4) is 0 Å². The third kappa shape index (κ3) is 27.9. The van der Waals surface area contributed by atoms with Crippen molar-refractivity contribution in [3.63, 3.8) is 0 Å². The molecule has 0 fully saturated rings. The zero-order chi connectivity index (χ0) is 37.6. The Morgan fingerprint density at radius 1 is 0.680 bits per heavy atom. The van der Waals surface area contributed by atoms with Crippen LogP contribution >= 0.6 is 11.9 Å². The van der Waals surface area contributed by atoms with Crippen molar-refractivity contribution in [2.75, 3.05) is 13.1 Å². The highest BCUT2D eigenvalue weighted by Gasteiger charge is 2.23. The van der Waals surface area contributed by atoms with Crippen LogP contribution in [0.4, 0.5) is 0 Å². The highest BCUT2D eigenvalue weighted by molar-refractivity contribution is 8.12. The van der Waals surface area contributed by atoms with Gasteiger partial charge >= 0.3 is 11.9 Å². The van der Waals surface area contributed by atoms with E-state index in [1.54, 1.807) is 6.92 Å². The lowest BCUT2D eigenvalue weighted by Gasteiger charge is -2.17. The largest absolute Gasteiger partial charge is 0.481 e. The van der Waals surface area contributed by atoms with Crippen LogP contribution in [0.1, 0.15) is 155 Å². The van der Waals surface area contributed by atoms with Gasteiger partial charge in [-0.05, 0) is 57.4 Å². The maximum absolute atomic E-state index is 12.4. The molecule has 2 amide bonds. The molecule has 0 bridgehead atoms. The van der Waals surface area contributed by atoms with Gasteiger partial charge in [-0.2, -0.15) is 0 Å². The van der Waals surface area contributed by atoms with E-state index < -0.39 is 29.9 Å². The fraction of sp³-hybridized carbons (Fsp3) is 0.806. The van der Waals surface area contributed by atoms with E-state index in [-0.39, 0.29) is 60.7 Å². The lowest BCUT2D eigenvalue weighted by molar-refractivity contribution is -0.144. The van der Waals surface area contributed by atoms with Gasteiger partial charge in [0.2, 0.25) is 16.9 Å². The van der Waals surface area contributed by atoms with Gasteiger partial charge in [-0.25, -0.2) is 4.72 Å². The molecule has 0 radical (unpaired) electrons. The molecule has 0 saturated heterocycles. The molecule has 0 spiro atoms. The number of carbonyl (C=O) groups is 7. The molecule has 0 rings (SSSR count). The Morgan fingerprint density at radius 2 is 1.20 bits per heavy atom. The number of unbranched alkanes of at least 4 members (excludes halogenated alkanes) is 14. The first-order chi connectivity index (χ1) is 23.9. The summed E-state index contributed by atoms with van der Waals surface area (Å²) in [6.45, 7) is 3.00. The van der Waals surface area contributed by atoms with E-state index >= 15 is 0 Å². The summed E-state index contributed by atoms with van der Waals surface area (Å²) >= 11 is 0.745. The zero-order valence-corrected chi connectivity index (χ0v) is 31.3. The average molecular weight is 729 g/mol. The van der Waals surface area contributed by atoms with Gasteiger partial charge in [-0.3, -0.25) is 33.6 Å². The number of hydrogen-bond acceptors (Lipinski definition) is 10. The lowest BCUT2D eigenvalue weighted by atomic mass is 9.94. The maximum atomic E-state index is 12.4. The zero-order valence-electron chi connectivity index (χ0n) is 30.4. The van der Waals surface area contributed by atoms with Crippen LogP contribution in [0.5, 0.6) is 0 Å². The first-order valence-corrected chi connectivity index (χ1v) is 19.4. The number of nitrogens with two attached hydrogens (primary N) is 1. The predicted octanol–water partition coefficient (Wildman–Crippen LogP) is 5.22. The number of carboxylic acid groups (broad SMARTS) is 2. The van der Waals surface area contributed by atoms with E-state index in [1.807, 2.05) is 0 Å². The average Bonchev–Trinajstić information content (AvgIpc) is 3.06. The van der Waals surface area contributed by atoms with Crippen LogP contribution < -0.4 is 21.1 Å². The second-order valence-electron chi connectivity index (χ2n) is 13.2. The van der Waals surface area contributed by atoms with Gasteiger partial charge in [0, 0.05) is 39.2 Å². The Kier molecular flexibility index (Phi) is 29.2. The van der Waals surface area contributed by atoms with Crippen LogP contribution in [0.25, 0.3) is 0 Å². The van der Waals surface area contributed by atoms with Crippen LogP contribution in [0.3, 0.4) is 0 Å². The minimum atomic E-state index is -1.08. The molecule has 0 unspecified atom stereocenters. The third-order valence-electron chi connectivity index (χ3n) is 8.55. The number of nitrogens with one attached hydrogen (secondary N) is 3. The van der Waals surface area contributed by atoms with Gasteiger partial charge in [-0.15, -0.1) is 0 Å². The summed E-state index contributed by atoms with van der Waals surface area (Å²) in [4.78, 5) is 82.4. The predicted molar refractivity (Wildman–Crippen MR) is 195 cm³/mol. The molecule has 7 N–H and O–H groups in total. The number of rotatable bonds is 34. The van der Waals surface area contributed by atoms with E-state index in [9.17, 15) is 38.7 Å². The Hall–Kier alpha value is -2.84. The topological polar surface area (TPSA) is 222 Å². The highest BCUT2D eigenvalue weighted by Crippen LogP contribution is 2.17. The molecule has 0 heterocycles. The van der Waals surface area contributed by atoms with Gasteiger partial charge < -0.3 is 26.6 Å². The van der Waals surface area contributed by atoms with E-state index in [2.05, 4.69) is 15.4 Å². The van der Waals surface area contributed by atoms with Crippen LogP contribution in [0.15, 0.2) is 0 Å². The summed E-state index contributed by atoms with van der Waals surface area (Å²) in [7, 11) is 0. The van der Waals surface area contributed by atoms with Crippen molar-refractivity contribution in [1.29, 1.82) is 0 Å². The molecule has 13 nitrogen and oxygen atoms in total. The molecule has 14 heteroatoms. The van der Waals surface area contributed by atoms with Gasteiger partial charge in [-0.1, -0.05) is 77.0 Å². The van der Waals surface area contributed by atoms with Crippen LogP contribution in [-0.2, 0) is 33.6 Å². The summed E-state index contributed by atoms with van der Waals surface area (Å²) in [6.07, 6.45) is 17.4. The summed E-state index contributed by atoms with van der Waals surface area (Å²) in [6, 6.07) is -1.37. The van der Waals surface area contributed by atoms with Gasteiger partial charge in [0.05, 0.1) is 24.5 Å². The highest BCUT2D eigenvalue weighted by atomic mass is 32.2. The molecule has 3 atom stereocenters. The number of ketones is 2. The maximum Gasteiger partial charge on any atom is 0.306 e. The van der Waals surface area contributed by atoms with E-state index in [0.717, 1.165) is 56.9 Å². The molecule has 0 aliphatic heterocycles. The molecule has 0 aromatic carbocycles.